The minimum Gasteiger partial charge on any atom is -0.497 e. The van der Waals surface area contributed by atoms with Gasteiger partial charge in [-0.3, -0.25) is 4.79 Å². The zero-order valence-electron chi connectivity index (χ0n) is 13.9. The second-order valence-corrected chi connectivity index (χ2v) is 5.68. The molecule has 1 saturated heterocycles. The van der Waals surface area contributed by atoms with E-state index in [1.807, 2.05) is 23.1 Å². The van der Waals surface area contributed by atoms with Crippen molar-refractivity contribution in [3.05, 3.63) is 30.1 Å². The van der Waals surface area contributed by atoms with Gasteiger partial charge in [-0.15, -0.1) is 5.10 Å². The van der Waals surface area contributed by atoms with Crippen molar-refractivity contribution in [1.82, 2.24) is 25.1 Å². The van der Waals surface area contributed by atoms with E-state index in [0.717, 1.165) is 36.4 Å². The maximum absolute atomic E-state index is 12.6. The highest BCUT2D eigenvalue weighted by molar-refractivity contribution is 5.77. The molecular weight excluding hydrogens is 310 g/mol. The van der Waals surface area contributed by atoms with E-state index in [1.54, 1.807) is 18.9 Å². The Bertz CT molecular complexity index is 689. The fourth-order valence-electron chi connectivity index (χ4n) is 3.12. The van der Waals surface area contributed by atoms with E-state index in [9.17, 15) is 4.79 Å². The zero-order chi connectivity index (χ0) is 16.9. The molecule has 24 heavy (non-hydrogen) atoms. The van der Waals surface area contributed by atoms with E-state index in [-0.39, 0.29) is 11.9 Å². The molecule has 2 heterocycles. The number of carbonyl (C=O) groups excluding carboxylic acids is 1. The molecule has 0 radical (unpaired) electrons. The van der Waals surface area contributed by atoms with Crippen molar-refractivity contribution >= 4 is 5.91 Å². The van der Waals surface area contributed by atoms with Crippen LogP contribution in [0, 0.1) is 0 Å². The first kappa shape index (κ1) is 16.2. The summed E-state index contributed by atoms with van der Waals surface area (Å²) in [4.78, 5) is 14.6. The fourth-order valence-corrected chi connectivity index (χ4v) is 3.12. The Labute approximate surface area is 140 Å². The molecule has 8 heteroatoms. The average Bonchev–Trinajstić information content (AvgIpc) is 3.30. The van der Waals surface area contributed by atoms with E-state index in [4.69, 9.17) is 9.47 Å². The summed E-state index contributed by atoms with van der Waals surface area (Å²) in [5.74, 6) is 1.59. The molecule has 1 aliphatic rings. The van der Waals surface area contributed by atoms with E-state index >= 15 is 0 Å². The van der Waals surface area contributed by atoms with Gasteiger partial charge >= 0.3 is 0 Å². The Hall–Kier alpha value is -2.64. The molecule has 0 N–H and O–H groups in total. The molecule has 3 rings (SSSR count). The molecule has 1 fully saturated rings. The normalized spacial score (nSPS) is 17.1. The number of hydrogen-bond acceptors (Lipinski definition) is 6. The summed E-state index contributed by atoms with van der Waals surface area (Å²) in [7, 11) is 3.26. The first-order chi connectivity index (χ1) is 11.7. The molecule has 1 atom stereocenters. The predicted octanol–water partition coefficient (Wildman–Crippen LogP) is 1.44. The van der Waals surface area contributed by atoms with Gasteiger partial charge in [-0.2, -0.15) is 0 Å². The van der Waals surface area contributed by atoms with Crippen LogP contribution in [-0.4, -0.2) is 51.8 Å². The molecular formula is C16H21N5O3. The third kappa shape index (κ3) is 3.32. The lowest BCUT2D eigenvalue weighted by atomic mass is 10.0. The van der Waals surface area contributed by atoms with Gasteiger partial charge in [0.15, 0.2) is 0 Å². The van der Waals surface area contributed by atoms with Crippen molar-refractivity contribution < 1.29 is 14.3 Å². The largest absolute Gasteiger partial charge is 0.497 e. The fraction of sp³-hybridized carbons (Fsp3) is 0.500. The van der Waals surface area contributed by atoms with Crippen molar-refractivity contribution in [2.75, 3.05) is 20.8 Å². The van der Waals surface area contributed by atoms with Crippen LogP contribution < -0.4 is 9.47 Å². The van der Waals surface area contributed by atoms with Gasteiger partial charge < -0.3 is 14.4 Å². The summed E-state index contributed by atoms with van der Waals surface area (Å²) < 4.78 is 12.3. The van der Waals surface area contributed by atoms with E-state index in [1.165, 1.54) is 6.33 Å². The van der Waals surface area contributed by atoms with E-state index in [2.05, 4.69) is 15.5 Å². The van der Waals surface area contributed by atoms with Gasteiger partial charge in [0.2, 0.25) is 5.91 Å². The summed E-state index contributed by atoms with van der Waals surface area (Å²) in [6.45, 7) is 1.24. The van der Waals surface area contributed by atoms with E-state index < -0.39 is 0 Å². The lowest BCUT2D eigenvalue weighted by molar-refractivity contribution is -0.132. The third-order valence-corrected chi connectivity index (χ3v) is 4.32. The number of benzene rings is 1. The molecule has 1 amide bonds. The quantitative estimate of drug-likeness (QED) is 0.797. The number of amides is 1. The Balaban J connectivity index is 1.74. The van der Waals surface area contributed by atoms with Crippen molar-refractivity contribution in [2.45, 2.75) is 31.8 Å². The number of hydrogen-bond donors (Lipinski definition) is 0. The highest BCUT2D eigenvalue weighted by Gasteiger charge is 2.31. The summed E-state index contributed by atoms with van der Waals surface area (Å²) in [6.07, 6.45) is 3.80. The minimum absolute atomic E-state index is 0.0345. The van der Waals surface area contributed by atoms with Crippen LogP contribution in [0.2, 0.25) is 0 Å². The Morgan fingerprint density at radius 2 is 2.21 bits per heavy atom. The van der Waals surface area contributed by atoms with Crippen molar-refractivity contribution in [1.29, 1.82) is 0 Å². The van der Waals surface area contributed by atoms with Crippen LogP contribution in [0.5, 0.6) is 11.5 Å². The van der Waals surface area contributed by atoms with Gasteiger partial charge in [0.25, 0.3) is 0 Å². The van der Waals surface area contributed by atoms with Crippen LogP contribution in [0.15, 0.2) is 24.5 Å². The number of likely N-dealkylation sites (tertiary alicyclic amines) is 1. The molecule has 0 aliphatic carbocycles. The van der Waals surface area contributed by atoms with Crippen LogP contribution >= 0.6 is 0 Å². The summed E-state index contributed by atoms with van der Waals surface area (Å²) in [5.41, 5.74) is 1.02. The van der Waals surface area contributed by atoms with Crippen LogP contribution in [0.4, 0.5) is 0 Å². The highest BCUT2D eigenvalue weighted by atomic mass is 16.5. The third-order valence-electron chi connectivity index (χ3n) is 4.32. The highest BCUT2D eigenvalue weighted by Crippen LogP contribution is 2.38. The summed E-state index contributed by atoms with van der Waals surface area (Å²) in [5, 5.41) is 10.9. The maximum Gasteiger partial charge on any atom is 0.224 e. The van der Waals surface area contributed by atoms with Crippen LogP contribution in [-0.2, 0) is 11.3 Å². The molecule has 0 saturated carbocycles. The lowest BCUT2D eigenvalue weighted by Crippen LogP contribution is -2.31. The number of methoxy groups -OCH3 is 2. The number of tetrazole rings is 1. The van der Waals surface area contributed by atoms with Gasteiger partial charge in [0.1, 0.15) is 17.8 Å². The van der Waals surface area contributed by atoms with Crippen molar-refractivity contribution in [2.24, 2.45) is 0 Å². The standard InChI is InChI=1S/C16H21N5O3/c1-23-12-5-6-13(15(10-12)24-2)14-4-3-8-21(14)16(22)7-9-20-11-17-18-19-20/h5-6,10-11,14H,3-4,7-9H2,1-2H3. The summed E-state index contributed by atoms with van der Waals surface area (Å²) in [6, 6.07) is 5.78. The molecule has 1 aromatic heterocycles. The summed E-state index contributed by atoms with van der Waals surface area (Å²) >= 11 is 0. The average molecular weight is 331 g/mol. The zero-order valence-corrected chi connectivity index (χ0v) is 13.9. The van der Waals surface area contributed by atoms with E-state index in [0.29, 0.717) is 13.0 Å². The first-order valence-corrected chi connectivity index (χ1v) is 7.95. The molecule has 8 nitrogen and oxygen atoms in total. The molecule has 0 spiro atoms. The molecule has 128 valence electrons. The number of nitrogens with zero attached hydrogens (tertiary/aromatic N) is 5. The van der Waals surface area contributed by atoms with Crippen LogP contribution in [0.1, 0.15) is 30.9 Å². The monoisotopic (exact) mass is 331 g/mol. The smallest absolute Gasteiger partial charge is 0.224 e. The van der Waals surface area contributed by atoms with Gasteiger partial charge in [-0.1, -0.05) is 0 Å². The maximum atomic E-state index is 12.6. The Kier molecular flexibility index (Phi) is 4.93. The molecule has 1 aliphatic heterocycles. The predicted molar refractivity (Wildman–Crippen MR) is 85.7 cm³/mol. The second-order valence-electron chi connectivity index (χ2n) is 5.68. The molecule has 1 unspecified atom stereocenters. The van der Waals surface area contributed by atoms with Crippen LogP contribution in [0.25, 0.3) is 0 Å². The van der Waals surface area contributed by atoms with Crippen molar-refractivity contribution in [3.63, 3.8) is 0 Å². The Morgan fingerprint density at radius 3 is 2.92 bits per heavy atom. The lowest BCUT2D eigenvalue weighted by Gasteiger charge is -2.26. The second kappa shape index (κ2) is 7.29. The number of aryl methyl sites for hydroxylation is 1. The minimum atomic E-state index is 0.0345. The number of aromatic nitrogens is 4. The molecule has 0 bridgehead atoms. The SMILES string of the molecule is COc1ccc(C2CCCN2C(=O)CCn2cnnn2)c(OC)c1. The van der Waals surface area contributed by atoms with Crippen molar-refractivity contribution in [3.8, 4) is 11.5 Å². The van der Waals surface area contributed by atoms with Gasteiger partial charge in [-0.05, 0) is 35.4 Å². The van der Waals surface area contributed by atoms with Gasteiger partial charge in [-0.25, -0.2) is 4.68 Å². The first-order valence-electron chi connectivity index (χ1n) is 7.95. The van der Waals surface area contributed by atoms with Gasteiger partial charge in [0.05, 0.1) is 26.8 Å². The van der Waals surface area contributed by atoms with Gasteiger partial charge in [0, 0.05) is 24.6 Å². The topological polar surface area (TPSA) is 82.4 Å². The number of carbonyl (C=O) groups is 1. The Morgan fingerprint density at radius 1 is 1.33 bits per heavy atom. The number of ether oxygens (including phenoxy) is 2. The molecule has 1 aromatic carbocycles. The molecule has 2 aromatic rings. The van der Waals surface area contributed by atoms with Crippen LogP contribution in [0.3, 0.4) is 0 Å². The number of rotatable bonds is 6.